The van der Waals surface area contributed by atoms with Gasteiger partial charge in [0.05, 0.1) is 0 Å². The van der Waals surface area contributed by atoms with Gasteiger partial charge in [0, 0.05) is 0 Å². The van der Waals surface area contributed by atoms with E-state index < -0.39 is 0 Å². The summed E-state index contributed by atoms with van der Waals surface area (Å²) in [4.78, 5) is 0. The predicted molar refractivity (Wildman–Crippen MR) is 117 cm³/mol. The Bertz CT molecular complexity index is 960. The Morgan fingerprint density at radius 1 is 0.839 bits per heavy atom. The molecule has 4 saturated carbocycles. The Balaban J connectivity index is 0.00000116. The van der Waals surface area contributed by atoms with Gasteiger partial charge in [0.1, 0.15) is 0 Å². The van der Waals surface area contributed by atoms with E-state index in [1.165, 1.54) is 34.2 Å². The van der Waals surface area contributed by atoms with Crippen molar-refractivity contribution < 1.29 is 49.5 Å². The van der Waals surface area contributed by atoms with Gasteiger partial charge in [0.2, 0.25) is 0 Å². The molecule has 2 aromatic rings. The number of rotatable bonds is 3. The standard InChI is InChI=1S/C28H31.2ClH.Zr/c1-17-6-18(2)8-23(7-17)26-5-3-4-22-10-21(16-28(22)26)15-27-24-11-19-9-20(13-24)14-25(27)12-19;;;/h3-8,10,16,19-20,24-25,27H,9,11-15H2,1-2H3;2*1H;/q;;;+2/p-2. The molecule has 0 heterocycles. The van der Waals surface area contributed by atoms with E-state index in [9.17, 15) is 0 Å². The van der Waals surface area contributed by atoms with Crippen LogP contribution in [0.15, 0.2) is 42.0 Å². The van der Waals surface area contributed by atoms with Crippen LogP contribution in [0.1, 0.15) is 64.4 Å². The second-order valence-corrected chi connectivity index (χ2v) is 12.1. The van der Waals surface area contributed by atoms with E-state index in [0.717, 1.165) is 29.6 Å². The average Bonchev–Trinajstić information content (AvgIpc) is 2.99. The molecule has 3 heteroatoms. The van der Waals surface area contributed by atoms with Crippen LogP contribution in [0.3, 0.4) is 0 Å². The summed E-state index contributed by atoms with van der Waals surface area (Å²) in [6.45, 7) is 4.45. The van der Waals surface area contributed by atoms with Gasteiger partial charge in [0.15, 0.2) is 0 Å². The Hall–Kier alpha value is -0.357. The molecule has 0 radical (unpaired) electrons. The number of hydrogen-bond donors (Lipinski definition) is 0. The molecule has 1 atom stereocenters. The molecular formula is C28H31Cl2Zr. The summed E-state index contributed by atoms with van der Waals surface area (Å²) in [7, 11) is 0. The molecule has 161 valence electrons. The maximum atomic E-state index is 2.62. The maximum Gasteiger partial charge on any atom is -1.00 e. The molecule has 4 bridgehead atoms. The molecular weight excluding hydrogens is 498 g/mol. The van der Waals surface area contributed by atoms with Gasteiger partial charge in [0.25, 0.3) is 0 Å². The smallest absolute Gasteiger partial charge is 1.00 e. The minimum Gasteiger partial charge on any atom is -1.00 e. The molecule has 0 spiro atoms. The first-order valence-corrected chi connectivity index (χ1v) is 13.1. The molecule has 31 heavy (non-hydrogen) atoms. The van der Waals surface area contributed by atoms with E-state index in [2.05, 4.69) is 56.3 Å². The first kappa shape index (κ1) is 23.8. The fourth-order valence-electron chi connectivity index (χ4n) is 7.67. The number of hydrogen-bond acceptors (Lipinski definition) is 0. The molecule has 0 saturated heterocycles. The van der Waals surface area contributed by atoms with Crippen LogP contribution in [0, 0.1) is 43.4 Å². The van der Waals surface area contributed by atoms with E-state index >= 15 is 0 Å². The summed E-state index contributed by atoms with van der Waals surface area (Å²) in [6, 6.07) is 14.1. The number of allylic oxidation sites excluding steroid dienone is 1. The topological polar surface area (TPSA) is 0 Å². The molecule has 0 N–H and O–H groups in total. The van der Waals surface area contributed by atoms with Crippen molar-refractivity contribution in [2.45, 2.75) is 56.0 Å². The van der Waals surface area contributed by atoms with Crippen LogP contribution in [0.25, 0.3) is 17.2 Å². The Labute approximate surface area is 215 Å². The zero-order valence-corrected chi connectivity index (χ0v) is 22.5. The zero-order valence-electron chi connectivity index (χ0n) is 18.5. The van der Waals surface area contributed by atoms with Crippen LogP contribution in [0.4, 0.5) is 0 Å². The Morgan fingerprint density at radius 2 is 1.45 bits per heavy atom. The van der Waals surface area contributed by atoms with Crippen molar-refractivity contribution in [3.05, 3.63) is 64.2 Å². The van der Waals surface area contributed by atoms with Crippen molar-refractivity contribution in [3.63, 3.8) is 0 Å². The van der Waals surface area contributed by atoms with Crippen molar-refractivity contribution in [1.82, 2.24) is 0 Å². The number of fused-ring (bicyclic) bond motifs is 1. The van der Waals surface area contributed by atoms with Gasteiger partial charge in [-0.15, -0.1) is 0 Å². The third kappa shape index (κ3) is 4.18. The van der Waals surface area contributed by atoms with Crippen molar-refractivity contribution in [2.24, 2.45) is 29.6 Å². The number of benzene rings is 2. The molecule has 0 nitrogen and oxygen atoms in total. The summed E-state index contributed by atoms with van der Waals surface area (Å²) in [6.07, 6.45) is 11.8. The second kappa shape index (κ2) is 9.12. The van der Waals surface area contributed by atoms with Gasteiger partial charge < -0.3 is 24.8 Å². The molecule has 0 aliphatic heterocycles. The monoisotopic (exact) mass is 527 g/mol. The third-order valence-corrected chi connectivity index (χ3v) is 10.3. The molecule has 7 rings (SSSR count). The van der Waals surface area contributed by atoms with Crippen molar-refractivity contribution in [2.75, 3.05) is 0 Å². The summed E-state index contributed by atoms with van der Waals surface area (Å²) in [5, 5.41) is 0. The largest absolute Gasteiger partial charge is 1.00 e. The summed E-state index contributed by atoms with van der Waals surface area (Å²) >= 11 is 1.67. The van der Waals surface area contributed by atoms with Crippen LogP contribution >= 0.6 is 0 Å². The number of aryl methyl sites for hydroxylation is 2. The third-order valence-electron chi connectivity index (χ3n) is 8.58. The number of halogens is 2. The molecule has 0 aromatic heterocycles. The van der Waals surface area contributed by atoms with E-state index in [1.807, 2.05) is 0 Å². The van der Waals surface area contributed by atoms with Crippen LogP contribution in [-0.4, -0.2) is 0 Å². The SMILES string of the molecule is Cc1cc(C)cc(-c2cccc3c2C=C(CC2C4CC5CC(C4)CC2C5)[CH]3[Zr+2])c1.[Cl-].[Cl-]. The Morgan fingerprint density at radius 3 is 2.06 bits per heavy atom. The molecule has 0 amide bonds. The molecule has 1 unspecified atom stereocenters. The van der Waals surface area contributed by atoms with E-state index in [4.69, 9.17) is 0 Å². The fraction of sp³-hybridized carbons (Fsp3) is 0.500. The van der Waals surface area contributed by atoms with Crippen molar-refractivity contribution in [3.8, 4) is 11.1 Å². The van der Waals surface area contributed by atoms with Gasteiger partial charge in [-0.05, 0) is 0 Å². The Kier molecular flexibility index (Phi) is 7.00. The first-order chi connectivity index (χ1) is 14.0. The predicted octanol–water partition coefficient (Wildman–Crippen LogP) is 1.43. The van der Waals surface area contributed by atoms with E-state index in [-0.39, 0.29) is 24.8 Å². The van der Waals surface area contributed by atoms with Crippen LogP contribution in [-0.2, 0) is 24.7 Å². The van der Waals surface area contributed by atoms with Crippen molar-refractivity contribution in [1.29, 1.82) is 0 Å². The molecule has 5 aliphatic rings. The maximum absolute atomic E-state index is 2.62. The summed E-state index contributed by atoms with van der Waals surface area (Å²) < 4.78 is 0.681. The minimum absolute atomic E-state index is 0. The second-order valence-electron chi connectivity index (χ2n) is 10.6. The first-order valence-electron chi connectivity index (χ1n) is 11.7. The van der Waals surface area contributed by atoms with Gasteiger partial charge in [-0.2, -0.15) is 0 Å². The van der Waals surface area contributed by atoms with Gasteiger partial charge >= 0.3 is 192 Å². The van der Waals surface area contributed by atoms with Crippen molar-refractivity contribution >= 4 is 6.08 Å². The summed E-state index contributed by atoms with van der Waals surface area (Å²) in [5.74, 6) is 5.23. The zero-order chi connectivity index (χ0) is 19.7. The average molecular weight is 530 g/mol. The minimum atomic E-state index is 0. The van der Waals surface area contributed by atoms with Crippen LogP contribution in [0.2, 0.25) is 0 Å². The molecule has 2 aromatic carbocycles. The van der Waals surface area contributed by atoms with Crippen LogP contribution in [0.5, 0.6) is 0 Å². The normalized spacial score (nSPS) is 32.2. The fourth-order valence-corrected chi connectivity index (χ4v) is 8.78. The summed E-state index contributed by atoms with van der Waals surface area (Å²) in [5.41, 5.74) is 10.5. The van der Waals surface area contributed by atoms with Gasteiger partial charge in [-0.1, -0.05) is 0 Å². The molecule has 5 aliphatic carbocycles. The van der Waals surface area contributed by atoms with E-state index in [1.54, 1.807) is 68.0 Å². The van der Waals surface area contributed by atoms with Gasteiger partial charge in [-0.25, -0.2) is 0 Å². The van der Waals surface area contributed by atoms with Gasteiger partial charge in [-0.3, -0.25) is 0 Å². The van der Waals surface area contributed by atoms with E-state index in [0.29, 0.717) is 3.63 Å². The quantitative estimate of drug-likeness (QED) is 0.565. The van der Waals surface area contributed by atoms with Crippen LogP contribution < -0.4 is 24.8 Å². The molecule has 4 fully saturated rings.